The van der Waals surface area contributed by atoms with Crippen molar-refractivity contribution >= 4 is 24.0 Å². The van der Waals surface area contributed by atoms with Gasteiger partial charge in [0.05, 0.1) is 6.54 Å². The second-order valence-electron chi connectivity index (χ2n) is 5.32. The molecule has 4 nitrogen and oxygen atoms in total. The highest BCUT2D eigenvalue weighted by Crippen LogP contribution is 2.20. The van der Waals surface area contributed by atoms with Crippen molar-refractivity contribution in [2.75, 3.05) is 25.0 Å². The summed E-state index contributed by atoms with van der Waals surface area (Å²) in [6.45, 7) is 6.08. The Bertz CT molecular complexity index is 444. The normalized spacial score (nSPS) is 18.6. The second-order valence-corrected chi connectivity index (χ2v) is 5.32. The molecule has 20 heavy (non-hydrogen) atoms. The van der Waals surface area contributed by atoms with Gasteiger partial charge in [-0.1, -0.05) is 18.2 Å². The molecule has 2 rings (SSSR count). The number of aryl methyl sites for hydroxylation is 2. The molecule has 1 saturated heterocycles. The lowest BCUT2D eigenvalue weighted by molar-refractivity contribution is -0.117. The average molecular weight is 298 g/mol. The summed E-state index contributed by atoms with van der Waals surface area (Å²) >= 11 is 0. The van der Waals surface area contributed by atoms with Gasteiger partial charge in [0.1, 0.15) is 0 Å². The highest BCUT2D eigenvalue weighted by Gasteiger charge is 2.25. The number of hydrogen-bond donors (Lipinski definition) is 2. The van der Waals surface area contributed by atoms with Crippen molar-refractivity contribution < 1.29 is 4.79 Å². The van der Waals surface area contributed by atoms with Crippen LogP contribution in [-0.2, 0) is 4.79 Å². The Morgan fingerprint density at radius 1 is 1.40 bits per heavy atom. The first kappa shape index (κ1) is 17.0. The molecule has 0 aromatic heterocycles. The summed E-state index contributed by atoms with van der Waals surface area (Å²) in [7, 11) is 0. The number of carbonyl (C=O) groups is 1. The Labute approximate surface area is 127 Å². The minimum absolute atomic E-state index is 0. The largest absolute Gasteiger partial charge is 0.329 e. The van der Waals surface area contributed by atoms with Crippen LogP contribution >= 0.6 is 12.4 Å². The smallest absolute Gasteiger partial charge is 0.238 e. The molecule has 0 saturated carbocycles. The Balaban J connectivity index is 0.00000200. The lowest BCUT2D eigenvalue weighted by Gasteiger charge is -2.22. The van der Waals surface area contributed by atoms with Crippen LogP contribution in [0.1, 0.15) is 24.0 Å². The molecular formula is C15H24ClN3O. The summed E-state index contributed by atoms with van der Waals surface area (Å²) in [4.78, 5) is 14.3. The standard InChI is InChI=1S/C15H23N3O.ClH/c1-11-5-3-6-12(2)15(11)17-14(19)10-18-8-4-7-13(18)9-16;/h3,5-6,13H,4,7-10,16H2,1-2H3,(H,17,19);1H. The predicted molar refractivity (Wildman–Crippen MR) is 85.4 cm³/mol. The van der Waals surface area contributed by atoms with E-state index in [0.717, 1.165) is 36.2 Å². The molecule has 1 unspecified atom stereocenters. The third-order valence-corrected chi connectivity index (χ3v) is 3.86. The van der Waals surface area contributed by atoms with Crippen LogP contribution in [0, 0.1) is 13.8 Å². The molecule has 5 heteroatoms. The second kappa shape index (κ2) is 7.62. The predicted octanol–water partition coefficient (Wildman–Crippen LogP) is 2.09. The maximum absolute atomic E-state index is 12.1. The zero-order chi connectivity index (χ0) is 13.8. The number of anilines is 1. The summed E-state index contributed by atoms with van der Waals surface area (Å²) in [5, 5.41) is 3.03. The zero-order valence-electron chi connectivity index (χ0n) is 12.2. The molecule has 1 amide bonds. The van der Waals surface area contributed by atoms with Crippen molar-refractivity contribution in [1.29, 1.82) is 0 Å². The number of nitrogens with zero attached hydrogens (tertiary/aromatic N) is 1. The molecule has 0 bridgehead atoms. The first-order chi connectivity index (χ1) is 9.11. The Morgan fingerprint density at radius 3 is 2.65 bits per heavy atom. The summed E-state index contributed by atoms with van der Waals surface area (Å²) in [6.07, 6.45) is 2.24. The van der Waals surface area contributed by atoms with Crippen molar-refractivity contribution in [3.05, 3.63) is 29.3 Å². The number of nitrogens with two attached hydrogens (primary N) is 1. The van der Waals surface area contributed by atoms with E-state index in [9.17, 15) is 4.79 Å². The van der Waals surface area contributed by atoms with Gasteiger partial charge in [0.2, 0.25) is 5.91 Å². The van der Waals surface area contributed by atoms with Crippen molar-refractivity contribution in [3.63, 3.8) is 0 Å². The van der Waals surface area contributed by atoms with E-state index in [4.69, 9.17) is 5.73 Å². The number of amides is 1. The molecule has 3 N–H and O–H groups in total. The monoisotopic (exact) mass is 297 g/mol. The zero-order valence-corrected chi connectivity index (χ0v) is 13.0. The molecule has 112 valence electrons. The number of likely N-dealkylation sites (tertiary alicyclic amines) is 1. The van der Waals surface area contributed by atoms with Gasteiger partial charge in [-0.3, -0.25) is 9.69 Å². The molecule has 1 fully saturated rings. The van der Waals surface area contributed by atoms with Crippen LogP contribution in [0.4, 0.5) is 5.69 Å². The first-order valence-electron chi connectivity index (χ1n) is 6.92. The fraction of sp³-hybridized carbons (Fsp3) is 0.533. The number of hydrogen-bond acceptors (Lipinski definition) is 3. The van der Waals surface area contributed by atoms with Crippen LogP contribution in [0.3, 0.4) is 0 Å². The van der Waals surface area contributed by atoms with Crippen LogP contribution in [-0.4, -0.2) is 36.5 Å². The number of para-hydroxylation sites is 1. The van der Waals surface area contributed by atoms with Gasteiger partial charge in [-0.25, -0.2) is 0 Å². The molecule has 1 aromatic carbocycles. The van der Waals surface area contributed by atoms with Crippen LogP contribution in [0.25, 0.3) is 0 Å². The highest BCUT2D eigenvalue weighted by atomic mass is 35.5. The van der Waals surface area contributed by atoms with Gasteiger partial charge >= 0.3 is 0 Å². The number of carbonyl (C=O) groups excluding carboxylic acids is 1. The van der Waals surface area contributed by atoms with E-state index in [-0.39, 0.29) is 18.3 Å². The maximum Gasteiger partial charge on any atom is 0.238 e. The van der Waals surface area contributed by atoms with Crippen LogP contribution < -0.4 is 11.1 Å². The number of nitrogens with one attached hydrogen (secondary N) is 1. The minimum Gasteiger partial charge on any atom is -0.329 e. The molecule has 0 spiro atoms. The molecule has 1 atom stereocenters. The van der Waals surface area contributed by atoms with Gasteiger partial charge in [-0.15, -0.1) is 12.4 Å². The van der Waals surface area contributed by atoms with E-state index >= 15 is 0 Å². The van der Waals surface area contributed by atoms with E-state index in [0.29, 0.717) is 19.1 Å². The van der Waals surface area contributed by atoms with E-state index in [2.05, 4.69) is 10.2 Å². The lowest BCUT2D eigenvalue weighted by atomic mass is 10.1. The highest BCUT2D eigenvalue weighted by molar-refractivity contribution is 5.93. The van der Waals surface area contributed by atoms with Crippen molar-refractivity contribution in [1.82, 2.24) is 4.90 Å². The SMILES string of the molecule is Cc1cccc(C)c1NC(=O)CN1CCCC1CN.Cl. The quantitative estimate of drug-likeness (QED) is 0.895. The van der Waals surface area contributed by atoms with Crippen LogP contribution in [0.15, 0.2) is 18.2 Å². The fourth-order valence-corrected chi connectivity index (χ4v) is 2.75. The lowest BCUT2D eigenvalue weighted by Crippen LogP contribution is -2.40. The molecule has 1 aliphatic heterocycles. The van der Waals surface area contributed by atoms with Gasteiger partial charge in [0.25, 0.3) is 0 Å². The Kier molecular flexibility index (Phi) is 6.46. The molecule has 1 heterocycles. The Morgan fingerprint density at radius 2 is 2.05 bits per heavy atom. The van der Waals surface area contributed by atoms with Crippen LogP contribution in [0.2, 0.25) is 0 Å². The van der Waals surface area contributed by atoms with Gasteiger partial charge in [0, 0.05) is 18.3 Å². The molecule has 1 aliphatic rings. The van der Waals surface area contributed by atoms with Gasteiger partial charge in [-0.2, -0.15) is 0 Å². The average Bonchev–Trinajstić information content (AvgIpc) is 2.81. The first-order valence-corrected chi connectivity index (χ1v) is 6.92. The number of halogens is 1. The van der Waals surface area contributed by atoms with E-state index in [1.807, 2.05) is 32.0 Å². The fourth-order valence-electron chi connectivity index (χ4n) is 2.75. The van der Waals surface area contributed by atoms with Crippen molar-refractivity contribution in [3.8, 4) is 0 Å². The summed E-state index contributed by atoms with van der Waals surface area (Å²) in [5.74, 6) is 0.0535. The minimum atomic E-state index is 0. The summed E-state index contributed by atoms with van der Waals surface area (Å²) in [5.41, 5.74) is 8.87. The third-order valence-electron chi connectivity index (χ3n) is 3.86. The van der Waals surface area contributed by atoms with E-state index in [1.165, 1.54) is 0 Å². The van der Waals surface area contributed by atoms with Crippen molar-refractivity contribution in [2.24, 2.45) is 5.73 Å². The molecule has 1 aromatic rings. The molecular weight excluding hydrogens is 274 g/mol. The van der Waals surface area contributed by atoms with Gasteiger partial charge < -0.3 is 11.1 Å². The van der Waals surface area contributed by atoms with Gasteiger partial charge in [-0.05, 0) is 44.4 Å². The summed E-state index contributed by atoms with van der Waals surface area (Å²) in [6, 6.07) is 6.40. The number of benzene rings is 1. The Hall–Kier alpha value is -1.10. The van der Waals surface area contributed by atoms with Gasteiger partial charge in [0.15, 0.2) is 0 Å². The number of rotatable bonds is 4. The molecule has 0 radical (unpaired) electrons. The third kappa shape index (κ3) is 3.95. The van der Waals surface area contributed by atoms with E-state index < -0.39 is 0 Å². The van der Waals surface area contributed by atoms with Crippen molar-refractivity contribution in [2.45, 2.75) is 32.7 Å². The topological polar surface area (TPSA) is 58.4 Å². The van der Waals surface area contributed by atoms with Crippen LogP contribution in [0.5, 0.6) is 0 Å². The molecule has 0 aliphatic carbocycles. The van der Waals surface area contributed by atoms with E-state index in [1.54, 1.807) is 0 Å². The maximum atomic E-state index is 12.1. The summed E-state index contributed by atoms with van der Waals surface area (Å²) < 4.78 is 0.